The smallest absolute Gasteiger partial charge is 0.186 e. The zero-order chi connectivity index (χ0) is 23.8. The quantitative estimate of drug-likeness (QED) is 0.134. The van der Waals surface area contributed by atoms with Crippen LogP contribution in [0.4, 0.5) is 0 Å². The van der Waals surface area contributed by atoms with Crippen LogP contribution in [0.25, 0.3) is 0 Å². The molecule has 0 aromatic carbocycles. The summed E-state index contributed by atoms with van der Waals surface area (Å²) >= 11 is 0. The Labute approximate surface area is 193 Å². The number of hydrogen-bond donors (Lipinski definition) is 6. The van der Waals surface area contributed by atoms with Crippen LogP contribution in [-0.4, -0.2) is 81.6 Å². The SMILES string of the molecule is CCCCCCCCCCCCC/C=C/[C@H](O)[C@@H](N)CO[C@H]1O[C@H](CO)[C@@H](O)[C@H](O)[C@H]1O. The van der Waals surface area contributed by atoms with Crippen LogP contribution < -0.4 is 5.73 Å². The summed E-state index contributed by atoms with van der Waals surface area (Å²) in [6.07, 6.45) is 11.1. The van der Waals surface area contributed by atoms with Crippen LogP contribution in [0.3, 0.4) is 0 Å². The normalized spacial score (nSPS) is 28.3. The number of aliphatic hydroxyl groups is 5. The predicted molar refractivity (Wildman–Crippen MR) is 124 cm³/mol. The minimum absolute atomic E-state index is 0.118. The number of rotatable bonds is 18. The van der Waals surface area contributed by atoms with E-state index >= 15 is 0 Å². The second-order valence-electron chi connectivity index (χ2n) is 8.94. The van der Waals surface area contributed by atoms with E-state index in [0.717, 1.165) is 12.8 Å². The maximum Gasteiger partial charge on any atom is 0.186 e. The molecule has 0 bridgehead atoms. The van der Waals surface area contributed by atoms with Crippen LogP contribution in [0, 0.1) is 0 Å². The number of aliphatic hydroxyl groups excluding tert-OH is 5. The largest absolute Gasteiger partial charge is 0.394 e. The Balaban J connectivity index is 2.10. The minimum atomic E-state index is -1.50. The Kier molecular flexibility index (Phi) is 16.4. The van der Waals surface area contributed by atoms with Gasteiger partial charge in [-0.25, -0.2) is 0 Å². The molecule has 0 radical (unpaired) electrons. The van der Waals surface area contributed by atoms with Gasteiger partial charge in [-0.15, -0.1) is 0 Å². The number of nitrogens with two attached hydrogens (primary N) is 1. The third-order valence-corrected chi connectivity index (χ3v) is 6.05. The van der Waals surface area contributed by atoms with Gasteiger partial charge >= 0.3 is 0 Å². The first kappa shape index (κ1) is 29.5. The highest BCUT2D eigenvalue weighted by Gasteiger charge is 2.44. The lowest BCUT2D eigenvalue weighted by molar-refractivity contribution is -0.302. The molecule has 1 rings (SSSR count). The van der Waals surface area contributed by atoms with Crippen molar-refractivity contribution in [1.82, 2.24) is 0 Å². The molecule has 1 aliphatic rings. The van der Waals surface area contributed by atoms with Crippen molar-refractivity contribution in [2.45, 2.75) is 127 Å². The summed E-state index contributed by atoms with van der Waals surface area (Å²) in [5.41, 5.74) is 5.93. The summed E-state index contributed by atoms with van der Waals surface area (Å²) in [4.78, 5) is 0. The molecule has 7 atom stereocenters. The summed E-state index contributed by atoms with van der Waals surface area (Å²) in [5, 5.41) is 48.8. The number of unbranched alkanes of at least 4 members (excludes halogenated alkanes) is 11. The molecule has 8 nitrogen and oxygen atoms in total. The van der Waals surface area contributed by atoms with E-state index in [1.165, 1.54) is 64.2 Å². The van der Waals surface area contributed by atoms with E-state index in [0.29, 0.717) is 0 Å². The highest BCUT2D eigenvalue weighted by Crippen LogP contribution is 2.22. The van der Waals surface area contributed by atoms with Gasteiger partial charge in [-0.1, -0.05) is 83.3 Å². The van der Waals surface area contributed by atoms with Crippen LogP contribution in [0.15, 0.2) is 12.2 Å². The van der Waals surface area contributed by atoms with E-state index in [1.807, 2.05) is 6.08 Å². The van der Waals surface area contributed by atoms with Crippen LogP contribution in [-0.2, 0) is 9.47 Å². The molecule has 0 aromatic rings. The number of ether oxygens (including phenoxy) is 2. The fourth-order valence-electron chi connectivity index (χ4n) is 3.81. The van der Waals surface area contributed by atoms with E-state index in [-0.39, 0.29) is 6.61 Å². The molecule has 1 aliphatic heterocycles. The van der Waals surface area contributed by atoms with E-state index < -0.39 is 49.5 Å². The second-order valence-corrected chi connectivity index (χ2v) is 8.94. The lowest BCUT2D eigenvalue weighted by Crippen LogP contribution is -2.59. The molecular formula is C24H47NO7. The van der Waals surface area contributed by atoms with Crippen LogP contribution in [0.1, 0.15) is 84.0 Å². The van der Waals surface area contributed by atoms with E-state index in [9.17, 15) is 25.5 Å². The number of allylic oxidation sites excluding steroid dienone is 1. The van der Waals surface area contributed by atoms with Gasteiger partial charge in [-0.3, -0.25) is 0 Å². The van der Waals surface area contributed by atoms with E-state index in [4.69, 9.17) is 15.2 Å². The highest BCUT2D eigenvalue weighted by atomic mass is 16.7. The van der Waals surface area contributed by atoms with Gasteiger partial charge in [-0.2, -0.15) is 0 Å². The van der Waals surface area contributed by atoms with Gasteiger partial charge in [0.05, 0.1) is 25.4 Å². The molecule has 190 valence electrons. The van der Waals surface area contributed by atoms with Gasteiger partial charge in [0.2, 0.25) is 0 Å². The topological polar surface area (TPSA) is 146 Å². The van der Waals surface area contributed by atoms with Crippen LogP contribution in [0.2, 0.25) is 0 Å². The van der Waals surface area contributed by atoms with Gasteiger partial charge in [0.25, 0.3) is 0 Å². The van der Waals surface area contributed by atoms with E-state index in [2.05, 4.69) is 6.92 Å². The predicted octanol–water partition coefficient (Wildman–Crippen LogP) is 1.75. The Morgan fingerprint density at radius 3 is 2.00 bits per heavy atom. The summed E-state index contributed by atoms with van der Waals surface area (Å²) in [6, 6.07) is -0.740. The Bertz CT molecular complexity index is 477. The molecule has 0 spiro atoms. The van der Waals surface area contributed by atoms with Crippen molar-refractivity contribution < 1.29 is 35.0 Å². The molecule has 7 N–H and O–H groups in total. The minimum Gasteiger partial charge on any atom is -0.394 e. The molecule has 0 amide bonds. The Morgan fingerprint density at radius 2 is 1.44 bits per heavy atom. The standard InChI is InChI=1S/C24H47NO7/c1-2-3-4-5-6-7-8-9-10-11-12-13-14-15-19(27)18(25)17-31-24-23(30)22(29)21(28)20(16-26)32-24/h14-15,18-24,26-30H,2-13,16-17,25H2,1H3/b15-14+/t18-,19-,20+,21+,22-,23+,24-/m0/s1. The lowest BCUT2D eigenvalue weighted by Gasteiger charge is -2.39. The third kappa shape index (κ3) is 11.5. The molecule has 0 aliphatic carbocycles. The average molecular weight is 462 g/mol. The maximum atomic E-state index is 10.2. The first-order valence-electron chi connectivity index (χ1n) is 12.4. The van der Waals surface area contributed by atoms with Crippen molar-refractivity contribution in [3.05, 3.63) is 12.2 Å². The number of hydrogen-bond acceptors (Lipinski definition) is 8. The van der Waals surface area contributed by atoms with Crippen molar-refractivity contribution in [3.63, 3.8) is 0 Å². The van der Waals surface area contributed by atoms with Crippen molar-refractivity contribution in [3.8, 4) is 0 Å². The monoisotopic (exact) mass is 461 g/mol. The fraction of sp³-hybridized carbons (Fsp3) is 0.917. The molecule has 32 heavy (non-hydrogen) atoms. The molecule has 8 heteroatoms. The summed E-state index contributed by atoms with van der Waals surface area (Å²) < 4.78 is 10.6. The van der Waals surface area contributed by atoms with Gasteiger partial charge < -0.3 is 40.7 Å². The average Bonchev–Trinajstić information content (AvgIpc) is 2.79. The highest BCUT2D eigenvalue weighted by molar-refractivity contribution is 4.94. The van der Waals surface area contributed by atoms with Crippen molar-refractivity contribution in [2.75, 3.05) is 13.2 Å². The van der Waals surface area contributed by atoms with Crippen molar-refractivity contribution >= 4 is 0 Å². The Hall–Kier alpha value is -0.580. The maximum absolute atomic E-state index is 10.2. The van der Waals surface area contributed by atoms with Crippen molar-refractivity contribution in [2.24, 2.45) is 5.73 Å². The van der Waals surface area contributed by atoms with Gasteiger partial charge in [0.15, 0.2) is 6.29 Å². The molecule has 0 saturated carbocycles. The second kappa shape index (κ2) is 17.8. The Morgan fingerprint density at radius 1 is 0.875 bits per heavy atom. The third-order valence-electron chi connectivity index (χ3n) is 6.05. The van der Waals surface area contributed by atoms with Gasteiger partial charge in [-0.05, 0) is 12.8 Å². The lowest BCUT2D eigenvalue weighted by atomic mass is 9.99. The van der Waals surface area contributed by atoms with Gasteiger partial charge in [0, 0.05) is 0 Å². The molecular weight excluding hydrogens is 414 g/mol. The van der Waals surface area contributed by atoms with E-state index in [1.54, 1.807) is 6.08 Å². The summed E-state index contributed by atoms with van der Waals surface area (Å²) in [6.45, 7) is 1.60. The van der Waals surface area contributed by atoms with Crippen LogP contribution in [0.5, 0.6) is 0 Å². The zero-order valence-corrected chi connectivity index (χ0v) is 19.7. The fourth-order valence-corrected chi connectivity index (χ4v) is 3.81. The van der Waals surface area contributed by atoms with Gasteiger partial charge in [0.1, 0.15) is 24.4 Å². The molecule has 0 aromatic heterocycles. The summed E-state index contributed by atoms with van der Waals surface area (Å²) in [7, 11) is 0. The first-order chi connectivity index (χ1) is 15.4. The van der Waals surface area contributed by atoms with Crippen molar-refractivity contribution in [1.29, 1.82) is 0 Å². The zero-order valence-electron chi connectivity index (χ0n) is 19.7. The molecule has 1 fully saturated rings. The van der Waals surface area contributed by atoms with Crippen LogP contribution >= 0.6 is 0 Å². The first-order valence-corrected chi connectivity index (χ1v) is 12.4. The molecule has 1 heterocycles. The molecule has 1 saturated heterocycles. The molecule has 0 unspecified atom stereocenters. The summed E-state index contributed by atoms with van der Waals surface area (Å²) in [5.74, 6) is 0.